The fourth-order valence-corrected chi connectivity index (χ4v) is 1.76. The summed E-state index contributed by atoms with van der Waals surface area (Å²) in [6.07, 6.45) is 1.32. The van der Waals surface area contributed by atoms with Crippen molar-refractivity contribution in [3.8, 4) is 0 Å². The van der Waals surface area contributed by atoms with Crippen molar-refractivity contribution in [1.82, 2.24) is 4.90 Å². The van der Waals surface area contributed by atoms with Crippen LogP contribution in [0.2, 0.25) is 0 Å². The van der Waals surface area contributed by atoms with Gasteiger partial charge in [0.1, 0.15) is 0 Å². The molecule has 1 saturated heterocycles. The third-order valence-electron chi connectivity index (χ3n) is 2.61. The van der Waals surface area contributed by atoms with Crippen molar-refractivity contribution < 1.29 is 4.74 Å². The van der Waals surface area contributed by atoms with E-state index >= 15 is 0 Å². The summed E-state index contributed by atoms with van der Waals surface area (Å²) < 4.78 is 5.64. The second kappa shape index (κ2) is 4.97. The molecule has 2 heteroatoms. The van der Waals surface area contributed by atoms with Crippen molar-refractivity contribution in [1.29, 1.82) is 0 Å². The highest BCUT2D eigenvalue weighted by molar-refractivity contribution is 4.84. The lowest BCUT2D eigenvalue weighted by Crippen LogP contribution is -2.53. The van der Waals surface area contributed by atoms with Gasteiger partial charge in [0.2, 0.25) is 0 Å². The first kappa shape index (κ1) is 11.0. The standard InChI is InChI=1S/C11H23NO/c1-9(2)7-13-8-11-5-6-12(11)10(3)4/h9-11H,5-8H2,1-4H3. The van der Waals surface area contributed by atoms with Gasteiger partial charge in [-0.15, -0.1) is 0 Å². The minimum atomic E-state index is 0.660. The molecule has 0 amide bonds. The molecule has 0 aliphatic carbocycles. The van der Waals surface area contributed by atoms with E-state index in [-0.39, 0.29) is 0 Å². The van der Waals surface area contributed by atoms with Gasteiger partial charge in [-0.25, -0.2) is 0 Å². The zero-order valence-corrected chi connectivity index (χ0v) is 9.42. The van der Waals surface area contributed by atoms with Crippen LogP contribution in [-0.2, 0) is 4.74 Å². The van der Waals surface area contributed by atoms with Gasteiger partial charge in [-0.2, -0.15) is 0 Å². The smallest absolute Gasteiger partial charge is 0.0622 e. The van der Waals surface area contributed by atoms with E-state index in [0.29, 0.717) is 18.0 Å². The van der Waals surface area contributed by atoms with E-state index in [4.69, 9.17) is 4.74 Å². The first-order chi connectivity index (χ1) is 6.11. The second-order valence-electron chi connectivity index (χ2n) is 4.71. The fraction of sp³-hybridized carbons (Fsp3) is 1.00. The molecule has 1 heterocycles. The van der Waals surface area contributed by atoms with Crippen LogP contribution in [0.5, 0.6) is 0 Å². The van der Waals surface area contributed by atoms with Crippen molar-refractivity contribution in [2.24, 2.45) is 5.92 Å². The van der Waals surface area contributed by atoms with Crippen LogP contribution in [0.4, 0.5) is 0 Å². The van der Waals surface area contributed by atoms with E-state index in [9.17, 15) is 0 Å². The molecule has 0 aromatic rings. The number of hydrogen-bond donors (Lipinski definition) is 0. The van der Waals surface area contributed by atoms with Crippen LogP contribution in [-0.4, -0.2) is 36.7 Å². The maximum atomic E-state index is 5.64. The van der Waals surface area contributed by atoms with Crippen molar-refractivity contribution in [3.05, 3.63) is 0 Å². The van der Waals surface area contributed by atoms with Gasteiger partial charge in [0.15, 0.2) is 0 Å². The number of hydrogen-bond acceptors (Lipinski definition) is 2. The lowest BCUT2D eigenvalue weighted by atomic mass is 10.0. The lowest BCUT2D eigenvalue weighted by molar-refractivity contribution is -0.0186. The van der Waals surface area contributed by atoms with Crippen LogP contribution in [0.1, 0.15) is 34.1 Å². The average Bonchev–Trinajstić information content (AvgIpc) is 1.93. The molecule has 1 aliphatic rings. The number of nitrogens with zero attached hydrogens (tertiary/aromatic N) is 1. The van der Waals surface area contributed by atoms with Crippen LogP contribution in [0.25, 0.3) is 0 Å². The van der Waals surface area contributed by atoms with Crippen molar-refractivity contribution in [3.63, 3.8) is 0 Å². The Morgan fingerprint density at radius 3 is 2.38 bits per heavy atom. The van der Waals surface area contributed by atoms with Gasteiger partial charge in [-0.3, -0.25) is 4.90 Å². The molecule has 0 saturated carbocycles. The Kier molecular flexibility index (Phi) is 4.20. The monoisotopic (exact) mass is 185 g/mol. The van der Waals surface area contributed by atoms with Crippen LogP contribution < -0.4 is 0 Å². The van der Waals surface area contributed by atoms with Crippen molar-refractivity contribution in [2.45, 2.75) is 46.2 Å². The van der Waals surface area contributed by atoms with Gasteiger partial charge >= 0.3 is 0 Å². The molecule has 1 atom stereocenters. The summed E-state index contributed by atoms with van der Waals surface area (Å²) in [5.41, 5.74) is 0. The largest absolute Gasteiger partial charge is 0.380 e. The van der Waals surface area contributed by atoms with Gasteiger partial charge < -0.3 is 4.74 Å². The summed E-state index contributed by atoms with van der Waals surface area (Å²) in [5, 5.41) is 0. The molecule has 0 bridgehead atoms. The molecule has 0 aromatic heterocycles. The van der Waals surface area contributed by atoms with E-state index in [2.05, 4.69) is 32.6 Å². The zero-order chi connectivity index (χ0) is 9.84. The Labute approximate surface area is 82.3 Å². The first-order valence-corrected chi connectivity index (χ1v) is 5.44. The van der Waals surface area contributed by atoms with Crippen LogP contribution in [0, 0.1) is 5.92 Å². The highest BCUT2D eigenvalue weighted by Crippen LogP contribution is 2.20. The minimum Gasteiger partial charge on any atom is -0.380 e. The van der Waals surface area contributed by atoms with Gasteiger partial charge in [0.25, 0.3) is 0 Å². The molecule has 1 unspecified atom stereocenters. The lowest BCUT2D eigenvalue weighted by Gasteiger charge is -2.43. The predicted octanol–water partition coefficient (Wildman–Crippen LogP) is 2.14. The third kappa shape index (κ3) is 3.28. The Morgan fingerprint density at radius 1 is 1.31 bits per heavy atom. The molecule has 0 N–H and O–H groups in total. The Balaban J connectivity index is 2.09. The summed E-state index contributed by atoms with van der Waals surface area (Å²) in [5.74, 6) is 0.660. The number of ether oxygens (including phenoxy) is 1. The summed E-state index contributed by atoms with van der Waals surface area (Å²) in [6.45, 7) is 12.0. The maximum absolute atomic E-state index is 5.64. The van der Waals surface area contributed by atoms with E-state index in [0.717, 1.165) is 13.2 Å². The molecule has 0 radical (unpaired) electrons. The zero-order valence-electron chi connectivity index (χ0n) is 9.42. The van der Waals surface area contributed by atoms with Crippen LogP contribution in [0.3, 0.4) is 0 Å². The Hall–Kier alpha value is -0.0800. The Morgan fingerprint density at radius 2 is 2.00 bits per heavy atom. The average molecular weight is 185 g/mol. The van der Waals surface area contributed by atoms with Gasteiger partial charge in [0.05, 0.1) is 6.61 Å². The molecule has 78 valence electrons. The predicted molar refractivity (Wildman–Crippen MR) is 55.9 cm³/mol. The SMILES string of the molecule is CC(C)COCC1CCN1C(C)C. The number of rotatable bonds is 5. The van der Waals surface area contributed by atoms with Crippen LogP contribution >= 0.6 is 0 Å². The summed E-state index contributed by atoms with van der Waals surface area (Å²) in [4.78, 5) is 2.51. The fourth-order valence-electron chi connectivity index (χ4n) is 1.76. The maximum Gasteiger partial charge on any atom is 0.0622 e. The van der Waals surface area contributed by atoms with Gasteiger partial charge in [-0.1, -0.05) is 13.8 Å². The molecule has 1 fully saturated rings. The quantitative estimate of drug-likeness (QED) is 0.650. The summed E-state index contributed by atoms with van der Waals surface area (Å²) in [6, 6.07) is 1.38. The molecular formula is C11H23NO. The molecule has 1 aliphatic heterocycles. The molecule has 1 rings (SSSR count). The molecule has 0 aromatic carbocycles. The molecule has 0 spiro atoms. The van der Waals surface area contributed by atoms with E-state index < -0.39 is 0 Å². The first-order valence-electron chi connectivity index (χ1n) is 5.44. The van der Waals surface area contributed by atoms with Crippen molar-refractivity contribution in [2.75, 3.05) is 19.8 Å². The Bertz CT molecular complexity index is 145. The highest BCUT2D eigenvalue weighted by atomic mass is 16.5. The van der Waals surface area contributed by atoms with Gasteiger partial charge in [-0.05, 0) is 26.2 Å². The van der Waals surface area contributed by atoms with E-state index in [1.165, 1.54) is 13.0 Å². The summed E-state index contributed by atoms with van der Waals surface area (Å²) >= 11 is 0. The van der Waals surface area contributed by atoms with E-state index in [1.807, 2.05) is 0 Å². The third-order valence-corrected chi connectivity index (χ3v) is 2.61. The molecule has 13 heavy (non-hydrogen) atoms. The van der Waals surface area contributed by atoms with Crippen molar-refractivity contribution >= 4 is 0 Å². The van der Waals surface area contributed by atoms with E-state index in [1.54, 1.807) is 0 Å². The topological polar surface area (TPSA) is 12.5 Å². The minimum absolute atomic E-state index is 0.660. The second-order valence-corrected chi connectivity index (χ2v) is 4.71. The van der Waals surface area contributed by atoms with Crippen LogP contribution in [0.15, 0.2) is 0 Å². The molecular weight excluding hydrogens is 162 g/mol. The molecule has 2 nitrogen and oxygen atoms in total. The highest BCUT2D eigenvalue weighted by Gasteiger charge is 2.29. The number of likely N-dealkylation sites (tertiary alicyclic amines) is 1. The summed E-state index contributed by atoms with van der Waals surface area (Å²) in [7, 11) is 0. The normalized spacial score (nSPS) is 24.0. The van der Waals surface area contributed by atoms with Gasteiger partial charge in [0, 0.05) is 25.2 Å².